The highest BCUT2D eigenvalue weighted by atomic mass is 79.9. The number of para-hydroxylation sites is 1. The van der Waals surface area contributed by atoms with Gasteiger partial charge in [-0.05, 0) is 63.3 Å². The summed E-state index contributed by atoms with van der Waals surface area (Å²) in [6.07, 6.45) is 3.38. The van der Waals surface area contributed by atoms with Gasteiger partial charge in [-0.2, -0.15) is 0 Å². The van der Waals surface area contributed by atoms with Gasteiger partial charge in [0.25, 0.3) is 0 Å². The summed E-state index contributed by atoms with van der Waals surface area (Å²) in [6.45, 7) is 4.33. The first-order valence-corrected chi connectivity index (χ1v) is 12.2. The maximum atomic E-state index is 12.7. The molecule has 3 aromatic carbocycles. The topological polar surface area (TPSA) is 42.0 Å². The van der Waals surface area contributed by atoms with E-state index in [1.54, 1.807) is 17.4 Å². The molecule has 1 amide bonds. The molecule has 0 bridgehead atoms. The van der Waals surface area contributed by atoms with Gasteiger partial charge in [0.15, 0.2) is 0 Å². The number of nitrogens with zero attached hydrogens (tertiary/aromatic N) is 1. The molecule has 0 spiro atoms. The van der Waals surface area contributed by atoms with Crippen LogP contribution in [0.5, 0.6) is 0 Å². The highest BCUT2D eigenvalue weighted by Gasteiger charge is 2.16. The Morgan fingerprint density at radius 3 is 2.52 bits per heavy atom. The summed E-state index contributed by atoms with van der Waals surface area (Å²) in [5.41, 5.74) is 4.78. The summed E-state index contributed by atoms with van der Waals surface area (Å²) in [5.74, 6) is 0.287. The molecular formula is C25H20Br2N2OS. The minimum absolute atomic E-state index is 0.196. The van der Waals surface area contributed by atoms with Gasteiger partial charge < -0.3 is 5.32 Å². The fourth-order valence-electron chi connectivity index (χ4n) is 3.19. The van der Waals surface area contributed by atoms with Crippen LogP contribution in [0.1, 0.15) is 30.9 Å². The summed E-state index contributed by atoms with van der Waals surface area (Å²) in [5, 5.41) is 3.88. The Balaban J connectivity index is 1.61. The van der Waals surface area contributed by atoms with Crippen molar-refractivity contribution in [3.63, 3.8) is 0 Å². The standard InChI is InChI=1S/C25H20Br2N2OS/c1-15(2)17-10-7-16(8-11-17)9-12-23(30)29-24-19(13-18(26)14-20(24)27)25-28-21-5-3-4-6-22(21)31-25/h3-15H,1-2H3,(H,29,30)/b12-9+. The van der Waals surface area contributed by atoms with Crippen LogP contribution in [0.4, 0.5) is 5.69 Å². The number of carbonyl (C=O) groups is 1. The number of carbonyl (C=O) groups excluding carboxylic acids is 1. The average molecular weight is 556 g/mol. The van der Waals surface area contributed by atoms with E-state index in [2.05, 4.69) is 69.2 Å². The lowest BCUT2D eigenvalue weighted by Gasteiger charge is -2.11. The molecule has 1 N–H and O–H groups in total. The van der Waals surface area contributed by atoms with E-state index >= 15 is 0 Å². The quantitative estimate of drug-likeness (QED) is 0.252. The molecule has 0 aliphatic heterocycles. The van der Waals surface area contributed by atoms with Crippen LogP contribution in [0.25, 0.3) is 26.9 Å². The van der Waals surface area contributed by atoms with E-state index < -0.39 is 0 Å². The zero-order chi connectivity index (χ0) is 22.0. The van der Waals surface area contributed by atoms with E-state index in [4.69, 9.17) is 4.98 Å². The Kier molecular flexibility index (Phi) is 6.70. The van der Waals surface area contributed by atoms with E-state index in [-0.39, 0.29) is 5.91 Å². The maximum absolute atomic E-state index is 12.7. The van der Waals surface area contributed by atoms with Gasteiger partial charge in [0.1, 0.15) is 5.01 Å². The molecule has 0 radical (unpaired) electrons. The van der Waals surface area contributed by atoms with Gasteiger partial charge in [-0.3, -0.25) is 4.79 Å². The number of aromatic nitrogens is 1. The van der Waals surface area contributed by atoms with E-state index in [0.717, 1.165) is 35.3 Å². The fourth-order valence-corrected chi connectivity index (χ4v) is 5.50. The van der Waals surface area contributed by atoms with Crippen molar-refractivity contribution in [1.29, 1.82) is 0 Å². The number of halogens is 2. The van der Waals surface area contributed by atoms with Gasteiger partial charge in [-0.15, -0.1) is 11.3 Å². The number of anilines is 1. The molecule has 0 saturated heterocycles. The molecule has 0 aliphatic carbocycles. The van der Waals surface area contributed by atoms with Crippen molar-refractivity contribution in [1.82, 2.24) is 4.98 Å². The summed E-state index contributed by atoms with van der Waals surface area (Å²) in [4.78, 5) is 17.5. The molecule has 4 aromatic rings. The summed E-state index contributed by atoms with van der Waals surface area (Å²) in [6, 6.07) is 20.2. The van der Waals surface area contributed by atoms with E-state index in [1.807, 2.05) is 48.5 Å². The molecule has 6 heteroatoms. The maximum Gasteiger partial charge on any atom is 0.248 e. The van der Waals surface area contributed by atoms with Crippen LogP contribution in [0.2, 0.25) is 0 Å². The van der Waals surface area contributed by atoms with Crippen molar-refractivity contribution >= 4 is 71.1 Å². The third-order valence-corrected chi connectivity index (χ3v) is 7.01. The van der Waals surface area contributed by atoms with Crippen LogP contribution in [-0.4, -0.2) is 10.9 Å². The van der Waals surface area contributed by atoms with Crippen molar-refractivity contribution in [3.8, 4) is 10.6 Å². The number of fused-ring (bicyclic) bond motifs is 1. The van der Waals surface area contributed by atoms with Crippen molar-refractivity contribution < 1.29 is 4.79 Å². The first kappa shape index (κ1) is 21.9. The summed E-state index contributed by atoms with van der Waals surface area (Å²) >= 11 is 8.75. The van der Waals surface area contributed by atoms with E-state index in [9.17, 15) is 4.79 Å². The van der Waals surface area contributed by atoms with Crippen LogP contribution < -0.4 is 5.32 Å². The lowest BCUT2D eigenvalue weighted by Crippen LogP contribution is -2.09. The lowest BCUT2D eigenvalue weighted by atomic mass is 10.0. The SMILES string of the molecule is CC(C)c1ccc(/C=C/C(=O)Nc2c(Br)cc(Br)cc2-c2nc3ccccc3s2)cc1. The predicted molar refractivity (Wildman–Crippen MR) is 139 cm³/mol. The normalized spacial score (nSPS) is 11.5. The van der Waals surface area contributed by atoms with Crippen molar-refractivity contribution in [3.05, 3.63) is 86.8 Å². The number of hydrogen-bond donors (Lipinski definition) is 1. The minimum Gasteiger partial charge on any atom is -0.321 e. The van der Waals surface area contributed by atoms with Gasteiger partial charge in [0.2, 0.25) is 5.91 Å². The van der Waals surface area contributed by atoms with Gasteiger partial charge in [0.05, 0.1) is 15.9 Å². The molecule has 4 rings (SSSR count). The fraction of sp³-hybridized carbons (Fsp3) is 0.120. The molecule has 31 heavy (non-hydrogen) atoms. The highest BCUT2D eigenvalue weighted by molar-refractivity contribution is 9.11. The van der Waals surface area contributed by atoms with Crippen LogP contribution in [0.15, 0.2) is 75.7 Å². The van der Waals surface area contributed by atoms with Crippen molar-refractivity contribution in [2.45, 2.75) is 19.8 Å². The molecule has 0 saturated carbocycles. The number of nitrogens with one attached hydrogen (secondary N) is 1. The smallest absolute Gasteiger partial charge is 0.248 e. The molecule has 0 aliphatic rings. The monoisotopic (exact) mass is 554 g/mol. The zero-order valence-corrected chi connectivity index (χ0v) is 21.0. The lowest BCUT2D eigenvalue weighted by molar-refractivity contribution is -0.111. The minimum atomic E-state index is -0.196. The molecule has 1 aromatic heterocycles. The van der Waals surface area contributed by atoms with Gasteiger partial charge in [0, 0.05) is 20.6 Å². The molecule has 0 fully saturated rings. The second-order valence-electron chi connectivity index (χ2n) is 7.44. The van der Waals surface area contributed by atoms with Crippen LogP contribution in [0, 0.1) is 0 Å². The molecule has 1 heterocycles. The first-order valence-electron chi connectivity index (χ1n) is 9.85. The largest absolute Gasteiger partial charge is 0.321 e. The second kappa shape index (κ2) is 9.47. The third kappa shape index (κ3) is 5.14. The molecule has 0 atom stereocenters. The molecule has 3 nitrogen and oxygen atoms in total. The number of thiazole rings is 1. The summed E-state index contributed by atoms with van der Waals surface area (Å²) < 4.78 is 2.81. The first-order chi connectivity index (χ1) is 14.9. The number of amides is 1. The number of benzene rings is 3. The van der Waals surface area contributed by atoms with E-state index in [1.165, 1.54) is 5.56 Å². The van der Waals surface area contributed by atoms with Gasteiger partial charge in [-0.1, -0.05) is 66.2 Å². The second-order valence-corrected chi connectivity index (χ2v) is 10.2. The van der Waals surface area contributed by atoms with Crippen LogP contribution in [-0.2, 0) is 4.79 Å². The molecule has 156 valence electrons. The number of rotatable bonds is 5. The number of hydrogen-bond acceptors (Lipinski definition) is 3. The average Bonchev–Trinajstić information content (AvgIpc) is 3.18. The summed E-state index contributed by atoms with van der Waals surface area (Å²) in [7, 11) is 0. The zero-order valence-electron chi connectivity index (χ0n) is 17.0. The Morgan fingerprint density at radius 2 is 1.81 bits per heavy atom. The Bertz CT molecular complexity index is 1240. The third-order valence-electron chi connectivity index (χ3n) is 4.86. The van der Waals surface area contributed by atoms with Gasteiger partial charge in [-0.25, -0.2) is 4.98 Å². The van der Waals surface area contributed by atoms with Crippen LogP contribution in [0.3, 0.4) is 0 Å². The van der Waals surface area contributed by atoms with Crippen LogP contribution >= 0.6 is 43.2 Å². The molecule has 0 unspecified atom stereocenters. The molecular weight excluding hydrogens is 536 g/mol. The van der Waals surface area contributed by atoms with Crippen molar-refractivity contribution in [2.75, 3.05) is 5.32 Å². The van der Waals surface area contributed by atoms with E-state index in [0.29, 0.717) is 11.6 Å². The van der Waals surface area contributed by atoms with Crippen molar-refractivity contribution in [2.24, 2.45) is 0 Å². The Morgan fingerprint density at radius 1 is 1.06 bits per heavy atom. The Hall–Kier alpha value is -2.28. The predicted octanol–water partition coefficient (Wildman–Crippen LogP) is 8.26. The van der Waals surface area contributed by atoms with Gasteiger partial charge >= 0.3 is 0 Å². The highest BCUT2D eigenvalue weighted by Crippen LogP contribution is 2.40. The Labute approximate surface area is 202 Å².